The van der Waals surface area contributed by atoms with E-state index in [1.165, 1.54) is 11.3 Å². The molecule has 0 bridgehead atoms. The van der Waals surface area contributed by atoms with E-state index in [1.54, 1.807) is 11.4 Å². The normalized spacial score (nSPS) is 12.0. The fraction of sp³-hybridized carbons (Fsp3) is 0.263. The van der Waals surface area contributed by atoms with Gasteiger partial charge in [-0.15, -0.1) is 0 Å². The molecule has 0 aliphatic rings. The third kappa shape index (κ3) is 4.48. The highest BCUT2D eigenvalue weighted by atomic mass is 32.1. The van der Waals surface area contributed by atoms with Crippen molar-refractivity contribution in [2.45, 2.75) is 25.8 Å². The average molecular weight is 356 g/mol. The first-order chi connectivity index (χ1) is 12.1. The van der Waals surface area contributed by atoms with E-state index >= 15 is 0 Å². The van der Waals surface area contributed by atoms with Crippen LogP contribution in [0.1, 0.15) is 41.9 Å². The number of benzene rings is 1. The highest BCUT2D eigenvalue weighted by molar-refractivity contribution is 7.08. The molecule has 0 saturated carbocycles. The summed E-state index contributed by atoms with van der Waals surface area (Å²) in [6.45, 7) is 2.37. The van der Waals surface area contributed by atoms with Crippen LogP contribution in [0.4, 0.5) is 0 Å². The van der Waals surface area contributed by atoms with Gasteiger partial charge in [0.25, 0.3) is 5.91 Å². The number of para-hydroxylation sites is 1. The lowest BCUT2D eigenvalue weighted by Gasteiger charge is -2.11. The monoisotopic (exact) mass is 356 g/mol. The van der Waals surface area contributed by atoms with E-state index in [-0.39, 0.29) is 17.9 Å². The maximum atomic E-state index is 12.1. The van der Waals surface area contributed by atoms with Crippen molar-refractivity contribution in [1.29, 1.82) is 0 Å². The van der Waals surface area contributed by atoms with E-state index in [9.17, 15) is 9.59 Å². The summed E-state index contributed by atoms with van der Waals surface area (Å²) in [7, 11) is 0. The fourth-order valence-electron chi connectivity index (χ4n) is 2.55. The number of carbonyl (C=O) groups is 2. The second kappa shape index (κ2) is 7.98. The second-order valence-electron chi connectivity index (χ2n) is 5.85. The summed E-state index contributed by atoms with van der Waals surface area (Å²) >= 11 is 1.48. The predicted molar refractivity (Wildman–Crippen MR) is 98.7 cm³/mol. The van der Waals surface area contributed by atoms with Crippen molar-refractivity contribution in [3.63, 3.8) is 0 Å². The van der Waals surface area contributed by atoms with Crippen LogP contribution >= 0.6 is 11.3 Å². The van der Waals surface area contributed by atoms with Crippen molar-refractivity contribution in [3.8, 4) is 0 Å². The van der Waals surface area contributed by atoms with Crippen molar-refractivity contribution >= 4 is 34.1 Å². The first-order valence-corrected chi connectivity index (χ1v) is 9.16. The molecule has 5 nitrogen and oxygen atoms in total. The summed E-state index contributed by atoms with van der Waals surface area (Å²) < 4.78 is 5.76. The Labute approximate surface area is 150 Å². The van der Waals surface area contributed by atoms with Gasteiger partial charge in [0.1, 0.15) is 11.3 Å². The molecule has 6 heteroatoms. The van der Waals surface area contributed by atoms with Crippen LogP contribution in [-0.2, 0) is 4.79 Å². The van der Waals surface area contributed by atoms with Crippen LogP contribution < -0.4 is 10.6 Å². The first-order valence-electron chi connectivity index (χ1n) is 8.22. The molecule has 1 unspecified atom stereocenters. The molecule has 1 aromatic carbocycles. The molecule has 130 valence electrons. The molecule has 0 aliphatic carbocycles. The molecule has 25 heavy (non-hydrogen) atoms. The zero-order valence-electron chi connectivity index (χ0n) is 14.0. The number of fused-ring (bicyclic) bond motifs is 1. The molecule has 1 atom stereocenters. The highest BCUT2D eigenvalue weighted by Crippen LogP contribution is 2.23. The molecule has 0 fully saturated rings. The number of hydrogen-bond donors (Lipinski definition) is 2. The number of rotatable bonds is 7. The standard InChI is InChI=1S/C19H20N2O3S/c1-13(17-11-14-5-2-3-6-16(14)24-17)21-18(22)7-4-9-20-19(23)15-8-10-25-12-15/h2-3,5-6,8,10-13H,4,7,9H2,1H3,(H,20,23)(H,21,22). The minimum absolute atomic E-state index is 0.0576. The SMILES string of the molecule is CC(NC(=O)CCCNC(=O)c1ccsc1)c1cc2ccccc2o1. The van der Waals surface area contributed by atoms with E-state index in [0.717, 1.165) is 16.7 Å². The Morgan fingerprint density at radius 3 is 2.84 bits per heavy atom. The third-order valence-corrected chi connectivity index (χ3v) is 4.58. The van der Waals surface area contributed by atoms with Gasteiger partial charge < -0.3 is 15.1 Å². The largest absolute Gasteiger partial charge is 0.459 e. The lowest BCUT2D eigenvalue weighted by atomic mass is 10.2. The molecule has 0 aliphatic heterocycles. The van der Waals surface area contributed by atoms with Gasteiger partial charge >= 0.3 is 0 Å². The number of amides is 2. The van der Waals surface area contributed by atoms with Crippen LogP contribution in [0.5, 0.6) is 0 Å². The van der Waals surface area contributed by atoms with Gasteiger partial charge in [0.2, 0.25) is 5.91 Å². The van der Waals surface area contributed by atoms with E-state index in [4.69, 9.17) is 4.42 Å². The summed E-state index contributed by atoms with van der Waals surface area (Å²) in [4.78, 5) is 23.8. The number of hydrogen-bond acceptors (Lipinski definition) is 4. The molecule has 2 aromatic heterocycles. The summed E-state index contributed by atoms with van der Waals surface area (Å²) in [5.74, 6) is 0.579. The van der Waals surface area contributed by atoms with Gasteiger partial charge in [0.05, 0.1) is 6.04 Å². The Morgan fingerprint density at radius 1 is 1.24 bits per heavy atom. The Bertz CT molecular complexity index is 822. The number of thiophene rings is 1. The van der Waals surface area contributed by atoms with Crippen molar-refractivity contribution < 1.29 is 14.0 Å². The van der Waals surface area contributed by atoms with Crippen LogP contribution in [0.25, 0.3) is 11.0 Å². The van der Waals surface area contributed by atoms with Crippen molar-refractivity contribution in [1.82, 2.24) is 10.6 Å². The Morgan fingerprint density at radius 2 is 2.08 bits per heavy atom. The van der Waals surface area contributed by atoms with Gasteiger partial charge in [-0.2, -0.15) is 11.3 Å². The predicted octanol–water partition coefficient (Wildman–Crippen LogP) is 3.88. The molecule has 3 aromatic rings. The highest BCUT2D eigenvalue weighted by Gasteiger charge is 2.14. The summed E-state index contributed by atoms with van der Waals surface area (Å²) in [5.41, 5.74) is 1.47. The molecule has 2 heterocycles. The molecule has 3 rings (SSSR count). The molecular formula is C19H20N2O3S. The minimum Gasteiger partial charge on any atom is -0.459 e. The molecule has 2 amide bonds. The Balaban J connectivity index is 1.42. The molecule has 2 N–H and O–H groups in total. The van der Waals surface area contributed by atoms with Gasteiger partial charge in [-0.1, -0.05) is 18.2 Å². The van der Waals surface area contributed by atoms with Crippen LogP contribution in [0.3, 0.4) is 0 Å². The van der Waals surface area contributed by atoms with Gasteiger partial charge in [0.15, 0.2) is 0 Å². The topological polar surface area (TPSA) is 71.3 Å². The number of nitrogens with one attached hydrogen (secondary N) is 2. The zero-order valence-corrected chi connectivity index (χ0v) is 14.8. The zero-order chi connectivity index (χ0) is 17.6. The van der Waals surface area contributed by atoms with Crippen molar-refractivity contribution in [3.05, 3.63) is 58.5 Å². The van der Waals surface area contributed by atoms with Crippen molar-refractivity contribution in [2.75, 3.05) is 6.54 Å². The van der Waals surface area contributed by atoms with Crippen LogP contribution in [-0.4, -0.2) is 18.4 Å². The average Bonchev–Trinajstić information content (AvgIpc) is 3.27. The molecule has 0 spiro atoms. The van der Waals surface area contributed by atoms with Crippen LogP contribution in [0, 0.1) is 0 Å². The third-order valence-electron chi connectivity index (χ3n) is 3.90. The van der Waals surface area contributed by atoms with Gasteiger partial charge in [0, 0.05) is 29.3 Å². The fourth-order valence-corrected chi connectivity index (χ4v) is 3.18. The number of carbonyl (C=O) groups excluding carboxylic acids is 2. The van der Waals surface area contributed by atoms with Gasteiger partial charge in [-0.3, -0.25) is 9.59 Å². The first kappa shape index (κ1) is 17.2. The maximum Gasteiger partial charge on any atom is 0.252 e. The quantitative estimate of drug-likeness (QED) is 0.631. The second-order valence-corrected chi connectivity index (χ2v) is 6.63. The molecular weight excluding hydrogens is 336 g/mol. The smallest absolute Gasteiger partial charge is 0.252 e. The van der Waals surface area contributed by atoms with Gasteiger partial charge in [-0.05, 0) is 36.9 Å². The van der Waals surface area contributed by atoms with E-state index in [2.05, 4.69) is 10.6 Å². The van der Waals surface area contributed by atoms with E-state index in [1.807, 2.05) is 42.6 Å². The number of furan rings is 1. The van der Waals surface area contributed by atoms with E-state index < -0.39 is 0 Å². The Hall–Kier alpha value is -2.60. The lowest BCUT2D eigenvalue weighted by molar-refractivity contribution is -0.121. The lowest BCUT2D eigenvalue weighted by Crippen LogP contribution is -2.28. The van der Waals surface area contributed by atoms with Gasteiger partial charge in [-0.25, -0.2) is 0 Å². The summed E-state index contributed by atoms with van der Waals surface area (Å²) in [5, 5.41) is 10.4. The summed E-state index contributed by atoms with van der Waals surface area (Å²) in [6, 6.07) is 11.3. The van der Waals surface area contributed by atoms with Crippen LogP contribution in [0.2, 0.25) is 0 Å². The van der Waals surface area contributed by atoms with E-state index in [0.29, 0.717) is 24.9 Å². The maximum absolute atomic E-state index is 12.1. The minimum atomic E-state index is -0.194. The molecule has 0 saturated heterocycles. The van der Waals surface area contributed by atoms with Crippen LogP contribution in [0.15, 0.2) is 51.6 Å². The Kier molecular flexibility index (Phi) is 5.50. The summed E-state index contributed by atoms with van der Waals surface area (Å²) in [6.07, 6.45) is 0.947. The molecule has 0 radical (unpaired) electrons. The van der Waals surface area contributed by atoms with Crippen molar-refractivity contribution in [2.24, 2.45) is 0 Å².